The average Bonchev–Trinajstić information content (AvgIpc) is 2.57. The first-order valence-electron chi connectivity index (χ1n) is 7.91. The van der Waals surface area contributed by atoms with Crippen molar-refractivity contribution in [1.29, 1.82) is 0 Å². The molecule has 2 N–H and O–H groups in total. The highest BCUT2D eigenvalue weighted by atomic mass is 28.4. The Bertz CT molecular complexity index is 411. The van der Waals surface area contributed by atoms with E-state index < -0.39 is 8.56 Å². The topological polar surface area (TPSA) is 66.6 Å². The minimum Gasteiger partial charge on any atom is -0.396 e. The zero-order valence-electron chi connectivity index (χ0n) is 14.3. The summed E-state index contributed by atoms with van der Waals surface area (Å²) < 4.78 is 17.4. The fourth-order valence-electron chi connectivity index (χ4n) is 3.30. The first-order valence-corrected chi connectivity index (χ1v) is 9.94. The Balaban J connectivity index is 0.000000287. The van der Waals surface area contributed by atoms with Crippen LogP contribution in [0, 0.1) is 0 Å². The van der Waals surface area contributed by atoms with E-state index in [4.69, 9.17) is 19.3 Å². The minimum absolute atomic E-state index is 0.122. The van der Waals surface area contributed by atoms with E-state index in [1.165, 1.54) is 12.8 Å². The number of methoxy groups -OCH3 is 1. The molecule has 0 aliphatic carbocycles. The van der Waals surface area contributed by atoms with Crippen molar-refractivity contribution in [3.8, 4) is 0 Å². The Labute approximate surface area is 135 Å². The Kier molecular flexibility index (Phi) is 8.02. The van der Waals surface area contributed by atoms with Crippen LogP contribution in [0.25, 0.3) is 0 Å². The summed E-state index contributed by atoms with van der Waals surface area (Å²) in [5, 5.41) is -0.122. The van der Waals surface area contributed by atoms with E-state index in [-0.39, 0.29) is 5.22 Å². The van der Waals surface area contributed by atoms with Gasteiger partial charge in [0.1, 0.15) is 11.0 Å². The van der Waals surface area contributed by atoms with Gasteiger partial charge in [-0.15, -0.1) is 0 Å². The number of aromatic nitrogens is 1. The summed E-state index contributed by atoms with van der Waals surface area (Å²) in [7, 11) is 3.22. The summed E-state index contributed by atoms with van der Waals surface area (Å²) in [6.07, 6.45) is 7.37. The van der Waals surface area contributed by atoms with E-state index in [9.17, 15) is 0 Å². The van der Waals surface area contributed by atoms with Crippen LogP contribution in [0.3, 0.4) is 0 Å². The van der Waals surface area contributed by atoms with E-state index in [1.807, 2.05) is 12.1 Å². The van der Waals surface area contributed by atoms with Crippen LogP contribution in [-0.2, 0) is 13.6 Å². The van der Waals surface area contributed by atoms with Gasteiger partial charge in [0.15, 0.2) is 0 Å². The second-order valence-corrected chi connectivity index (χ2v) is 9.30. The molecule has 0 saturated carbocycles. The van der Waals surface area contributed by atoms with Crippen molar-refractivity contribution < 1.29 is 13.6 Å². The second kappa shape index (κ2) is 9.25. The first kappa shape index (κ1) is 19.1. The van der Waals surface area contributed by atoms with Gasteiger partial charge in [-0.05, 0) is 31.0 Å². The fraction of sp³-hybridized carbons (Fsp3) is 0.688. The fourth-order valence-corrected chi connectivity index (χ4v) is 7.29. The molecule has 1 aliphatic rings. The number of nitrogen functional groups attached to an aromatic ring is 1. The molecule has 0 amide bonds. The standard InChI is InChI=1S/C11H24O3Si.C5H6N2/c1-5-8-11(12-2)9-6-7-10-15(11,13-3)14-4;6-5-3-1-2-4-7-5/h5-10H2,1-4H3;1-4H,(H2,6,7). The van der Waals surface area contributed by atoms with E-state index in [2.05, 4.69) is 11.9 Å². The minimum atomic E-state index is -2.15. The van der Waals surface area contributed by atoms with Gasteiger partial charge < -0.3 is 19.3 Å². The predicted octanol–water partition coefficient (Wildman–Crippen LogP) is 3.29. The van der Waals surface area contributed by atoms with Gasteiger partial charge in [-0.2, -0.15) is 0 Å². The van der Waals surface area contributed by atoms with Crippen molar-refractivity contribution in [2.24, 2.45) is 0 Å². The zero-order chi connectivity index (χ0) is 16.5. The molecule has 5 nitrogen and oxygen atoms in total. The molecule has 1 aromatic rings. The highest BCUT2D eigenvalue weighted by Crippen LogP contribution is 2.42. The molecular weight excluding hydrogens is 296 g/mol. The van der Waals surface area contributed by atoms with Crippen LogP contribution < -0.4 is 5.73 Å². The molecule has 1 fully saturated rings. The lowest BCUT2D eigenvalue weighted by molar-refractivity contribution is -0.0149. The van der Waals surface area contributed by atoms with Crippen molar-refractivity contribution in [3.05, 3.63) is 24.4 Å². The lowest BCUT2D eigenvalue weighted by Crippen LogP contribution is -2.64. The van der Waals surface area contributed by atoms with Gasteiger partial charge in [0.25, 0.3) is 0 Å². The normalized spacial score (nSPS) is 23.5. The summed E-state index contributed by atoms with van der Waals surface area (Å²) in [6.45, 7) is 2.19. The molecular formula is C16H30N2O3Si. The number of nitrogens with two attached hydrogens (primary N) is 1. The smallest absolute Gasteiger partial charge is 0.370 e. The molecule has 0 aromatic carbocycles. The van der Waals surface area contributed by atoms with E-state index in [0.717, 1.165) is 25.3 Å². The van der Waals surface area contributed by atoms with Crippen molar-refractivity contribution in [1.82, 2.24) is 4.98 Å². The molecule has 1 aliphatic heterocycles. The molecule has 126 valence electrons. The molecule has 2 heterocycles. The van der Waals surface area contributed by atoms with Crippen molar-refractivity contribution >= 4 is 14.4 Å². The van der Waals surface area contributed by atoms with Crippen LogP contribution in [0.4, 0.5) is 5.82 Å². The lowest BCUT2D eigenvalue weighted by atomic mass is 10.1. The largest absolute Gasteiger partial charge is 0.396 e. The Hall–Kier alpha value is -0.953. The van der Waals surface area contributed by atoms with Crippen molar-refractivity contribution in [3.63, 3.8) is 0 Å². The van der Waals surface area contributed by atoms with Crippen LogP contribution in [0.2, 0.25) is 6.04 Å². The van der Waals surface area contributed by atoms with Gasteiger partial charge >= 0.3 is 8.56 Å². The van der Waals surface area contributed by atoms with Crippen LogP contribution in [-0.4, -0.2) is 40.1 Å². The Morgan fingerprint density at radius 2 is 1.95 bits per heavy atom. The molecule has 0 spiro atoms. The van der Waals surface area contributed by atoms with Crippen LogP contribution >= 0.6 is 0 Å². The molecule has 1 aromatic heterocycles. The van der Waals surface area contributed by atoms with Gasteiger partial charge in [0, 0.05) is 27.5 Å². The summed E-state index contributed by atoms with van der Waals surface area (Å²) in [5.74, 6) is 0.572. The van der Waals surface area contributed by atoms with E-state index >= 15 is 0 Å². The average molecular weight is 327 g/mol. The first-order chi connectivity index (χ1) is 10.6. The molecule has 1 unspecified atom stereocenters. The molecule has 6 heteroatoms. The second-order valence-electron chi connectivity index (χ2n) is 5.57. The maximum atomic E-state index is 5.83. The number of anilines is 1. The maximum Gasteiger partial charge on any atom is 0.370 e. The third kappa shape index (κ3) is 4.29. The molecule has 1 atom stereocenters. The van der Waals surface area contributed by atoms with Gasteiger partial charge in [0.05, 0.1) is 0 Å². The van der Waals surface area contributed by atoms with Gasteiger partial charge in [-0.25, -0.2) is 4.98 Å². The van der Waals surface area contributed by atoms with Crippen LogP contribution in [0.5, 0.6) is 0 Å². The number of ether oxygens (including phenoxy) is 1. The van der Waals surface area contributed by atoms with Crippen LogP contribution in [0.1, 0.15) is 39.0 Å². The van der Waals surface area contributed by atoms with E-state index in [1.54, 1.807) is 33.6 Å². The molecule has 2 rings (SSSR count). The number of pyridine rings is 1. The highest BCUT2D eigenvalue weighted by molar-refractivity contribution is 6.70. The highest BCUT2D eigenvalue weighted by Gasteiger charge is 2.58. The third-order valence-electron chi connectivity index (χ3n) is 4.42. The number of nitrogens with zero attached hydrogens (tertiary/aromatic N) is 1. The molecule has 22 heavy (non-hydrogen) atoms. The number of rotatable bonds is 5. The van der Waals surface area contributed by atoms with Crippen molar-refractivity contribution in [2.75, 3.05) is 27.1 Å². The zero-order valence-corrected chi connectivity index (χ0v) is 15.3. The van der Waals surface area contributed by atoms with Crippen LogP contribution in [0.15, 0.2) is 24.4 Å². The quantitative estimate of drug-likeness (QED) is 0.841. The molecule has 0 bridgehead atoms. The Morgan fingerprint density at radius 1 is 1.23 bits per heavy atom. The van der Waals surface area contributed by atoms with E-state index in [0.29, 0.717) is 5.82 Å². The third-order valence-corrected chi connectivity index (χ3v) is 8.85. The van der Waals surface area contributed by atoms with Gasteiger partial charge in [0.2, 0.25) is 0 Å². The molecule has 1 saturated heterocycles. The SMILES string of the molecule is CCCC1(OC)CCCC[Si]1(OC)OC.Nc1ccccn1. The summed E-state index contributed by atoms with van der Waals surface area (Å²) in [5.41, 5.74) is 5.25. The maximum absolute atomic E-state index is 5.83. The van der Waals surface area contributed by atoms with Gasteiger partial charge in [-0.1, -0.05) is 32.3 Å². The number of hydrogen-bond donors (Lipinski definition) is 1. The number of hydrogen-bond acceptors (Lipinski definition) is 5. The monoisotopic (exact) mass is 326 g/mol. The summed E-state index contributed by atoms with van der Waals surface area (Å²) in [4.78, 5) is 3.76. The van der Waals surface area contributed by atoms with Gasteiger partial charge in [-0.3, -0.25) is 0 Å². The Morgan fingerprint density at radius 3 is 2.36 bits per heavy atom. The lowest BCUT2D eigenvalue weighted by Gasteiger charge is -2.47. The van der Waals surface area contributed by atoms with Crippen molar-refractivity contribution in [2.45, 2.75) is 50.3 Å². The summed E-state index contributed by atoms with van der Waals surface area (Å²) in [6, 6.07) is 6.49. The molecule has 0 radical (unpaired) electrons. The predicted molar refractivity (Wildman–Crippen MR) is 91.7 cm³/mol. The summed E-state index contributed by atoms with van der Waals surface area (Å²) >= 11 is 0.